The Morgan fingerprint density at radius 1 is 1.00 bits per heavy atom. The van der Waals surface area contributed by atoms with E-state index in [1.165, 1.54) is 6.07 Å². The number of nitro benzene ring substituents is 1. The summed E-state index contributed by atoms with van der Waals surface area (Å²) < 4.78 is 0. The van der Waals surface area contributed by atoms with E-state index in [1.54, 1.807) is 6.07 Å². The number of hydrogen-bond donors (Lipinski definition) is 0. The Labute approximate surface area is 139 Å². The summed E-state index contributed by atoms with van der Waals surface area (Å²) in [5.41, 5.74) is 2.40. The van der Waals surface area contributed by atoms with Crippen molar-refractivity contribution in [3.63, 3.8) is 0 Å². The number of rotatable bonds is 2. The molecule has 0 saturated carbocycles. The van der Waals surface area contributed by atoms with Crippen LogP contribution in [0.4, 0.5) is 11.4 Å². The van der Waals surface area contributed by atoms with Crippen LogP contribution in [0.15, 0.2) is 42.5 Å². The quantitative estimate of drug-likeness (QED) is 0.398. The van der Waals surface area contributed by atoms with Crippen molar-refractivity contribution in [3.8, 4) is 0 Å². The first-order chi connectivity index (χ1) is 9.59. The molecule has 5 nitrogen and oxygen atoms in total. The van der Waals surface area contributed by atoms with Gasteiger partial charge in [-0.2, -0.15) is 0 Å². The van der Waals surface area contributed by atoms with Crippen LogP contribution in [0.5, 0.6) is 0 Å². The molecule has 0 aliphatic rings. The number of para-hydroxylation sites is 1. The van der Waals surface area contributed by atoms with E-state index in [4.69, 9.17) is 0 Å². The zero-order valence-electron chi connectivity index (χ0n) is 12.0. The lowest BCUT2D eigenvalue weighted by atomic mass is 10.1. The molecule has 0 unspecified atom stereocenters. The molecule has 0 N–H and O–H groups in total. The van der Waals surface area contributed by atoms with Crippen molar-refractivity contribution in [1.82, 2.24) is 4.98 Å². The fourth-order valence-electron chi connectivity index (χ4n) is 2.52. The number of aromatic nitrogens is 1. The molecule has 3 aromatic rings. The summed E-state index contributed by atoms with van der Waals surface area (Å²) in [6.45, 7) is 0. The first kappa shape index (κ1) is 17.9. The molecule has 116 valence electrons. The maximum atomic E-state index is 11.3. The number of nitrogens with zero attached hydrogens (tertiary/aromatic N) is 3. The molecule has 3 rings (SSSR count). The molecule has 0 fully saturated rings. The first-order valence-corrected chi connectivity index (χ1v) is 6.23. The highest BCUT2D eigenvalue weighted by Crippen LogP contribution is 2.37. The maximum absolute atomic E-state index is 11.3. The van der Waals surface area contributed by atoms with E-state index >= 15 is 0 Å². The summed E-state index contributed by atoms with van der Waals surface area (Å²) in [4.78, 5) is 17.4. The highest BCUT2D eigenvalue weighted by atomic mass is 35.5. The summed E-state index contributed by atoms with van der Waals surface area (Å²) in [7, 11) is 3.77. The minimum absolute atomic E-state index is 0. The molecule has 0 aliphatic carbocycles. The molecule has 7 heteroatoms. The number of pyridine rings is 1. The molecule has 0 spiro atoms. The first-order valence-electron chi connectivity index (χ1n) is 6.23. The largest absolute Gasteiger partial charge is 0.376 e. The fraction of sp³-hybridized carbons (Fsp3) is 0.133. The van der Waals surface area contributed by atoms with Gasteiger partial charge in [0.25, 0.3) is 5.69 Å². The zero-order chi connectivity index (χ0) is 14.3. The van der Waals surface area contributed by atoms with Crippen LogP contribution in [0.25, 0.3) is 21.8 Å². The second kappa shape index (κ2) is 6.77. The van der Waals surface area contributed by atoms with Gasteiger partial charge >= 0.3 is 0 Å². The van der Waals surface area contributed by atoms with Gasteiger partial charge in [0.2, 0.25) is 0 Å². The van der Waals surface area contributed by atoms with Gasteiger partial charge in [-0.25, -0.2) is 4.98 Å². The van der Waals surface area contributed by atoms with Crippen LogP contribution >= 0.6 is 24.8 Å². The van der Waals surface area contributed by atoms with E-state index in [9.17, 15) is 10.1 Å². The van der Waals surface area contributed by atoms with E-state index in [0.29, 0.717) is 10.9 Å². The number of non-ortho nitro benzene ring substituents is 1. The number of hydrogen-bond acceptors (Lipinski definition) is 4. The number of halogens is 2. The molecule has 0 aliphatic heterocycles. The molecule has 22 heavy (non-hydrogen) atoms. The van der Waals surface area contributed by atoms with Crippen LogP contribution in [0.3, 0.4) is 0 Å². The van der Waals surface area contributed by atoms with Crippen LogP contribution in [0.1, 0.15) is 0 Å². The van der Waals surface area contributed by atoms with E-state index in [-0.39, 0.29) is 35.4 Å². The van der Waals surface area contributed by atoms with Crippen molar-refractivity contribution in [2.24, 2.45) is 0 Å². The van der Waals surface area contributed by atoms with Crippen LogP contribution in [-0.4, -0.2) is 24.0 Å². The van der Waals surface area contributed by atoms with Crippen molar-refractivity contribution < 1.29 is 4.92 Å². The molecule has 0 bridgehead atoms. The number of nitro groups is 1. The summed E-state index contributed by atoms with van der Waals surface area (Å²) in [5.74, 6) is 0. The maximum Gasteiger partial charge on any atom is 0.280 e. The third-order valence-corrected chi connectivity index (χ3v) is 3.30. The zero-order valence-corrected chi connectivity index (χ0v) is 13.6. The number of benzene rings is 2. The van der Waals surface area contributed by atoms with Gasteiger partial charge in [0.1, 0.15) is 5.39 Å². The van der Waals surface area contributed by atoms with Gasteiger partial charge < -0.3 is 4.90 Å². The van der Waals surface area contributed by atoms with Gasteiger partial charge in [0.05, 0.1) is 21.6 Å². The number of anilines is 1. The van der Waals surface area contributed by atoms with E-state index in [1.807, 2.05) is 49.3 Å². The Morgan fingerprint density at radius 3 is 2.27 bits per heavy atom. The highest BCUT2D eigenvalue weighted by Gasteiger charge is 2.19. The summed E-state index contributed by atoms with van der Waals surface area (Å²) >= 11 is 0. The second-order valence-corrected chi connectivity index (χ2v) is 4.80. The van der Waals surface area contributed by atoms with Crippen molar-refractivity contribution in [2.45, 2.75) is 0 Å². The van der Waals surface area contributed by atoms with Gasteiger partial charge in [-0.05, 0) is 12.1 Å². The van der Waals surface area contributed by atoms with Gasteiger partial charge in [-0.1, -0.05) is 24.3 Å². The van der Waals surface area contributed by atoms with Gasteiger partial charge in [0, 0.05) is 25.5 Å². The lowest BCUT2D eigenvalue weighted by molar-refractivity contribution is -0.383. The summed E-state index contributed by atoms with van der Waals surface area (Å²) in [6.07, 6.45) is 0. The molecule has 0 saturated heterocycles. The minimum atomic E-state index is -0.355. The predicted octanol–water partition coefficient (Wildman–Crippen LogP) is 4.21. The average molecular weight is 340 g/mol. The lowest BCUT2D eigenvalue weighted by Crippen LogP contribution is -2.11. The van der Waals surface area contributed by atoms with Crippen molar-refractivity contribution in [2.75, 3.05) is 19.0 Å². The third-order valence-electron chi connectivity index (χ3n) is 3.30. The Kier molecular flexibility index (Phi) is 5.52. The third kappa shape index (κ3) is 2.77. The van der Waals surface area contributed by atoms with E-state index in [2.05, 4.69) is 4.98 Å². The molecular formula is C15H15Cl2N3O2. The van der Waals surface area contributed by atoms with Gasteiger partial charge in [0.15, 0.2) is 0 Å². The fourth-order valence-corrected chi connectivity index (χ4v) is 2.52. The molecule has 0 amide bonds. The molecule has 1 aromatic heterocycles. The second-order valence-electron chi connectivity index (χ2n) is 4.80. The average Bonchev–Trinajstić information content (AvgIpc) is 2.43. The highest BCUT2D eigenvalue weighted by molar-refractivity contribution is 6.11. The summed E-state index contributed by atoms with van der Waals surface area (Å²) in [5, 5.41) is 12.8. The van der Waals surface area contributed by atoms with Crippen LogP contribution in [0, 0.1) is 10.1 Å². The molecule has 2 aromatic carbocycles. The molecule has 1 heterocycles. The Balaban J connectivity index is 0.00000121. The van der Waals surface area contributed by atoms with E-state index < -0.39 is 0 Å². The SMILES string of the molecule is CN(C)c1c2ccccc2nc2cccc([N+](=O)[O-])c12.Cl.Cl. The molecule has 0 atom stereocenters. The Morgan fingerprint density at radius 2 is 1.64 bits per heavy atom. The predicted molar refractivity (Wildman–Crippen MR) is 94.7 cm³/mol. The van der Waals surface area contributed by atoms with Crippen LogP contribution in [0.2, 0.25) is 0 Å². The minimum Gasteiger partial charge on any atom is -0.376 e. The topological polar surface area (TPSA) is 59.3 Å². The number of fused-ring (bicyclic) bond motifs is 2. The van der Waals surface area contributed by atoms with Gasteiger partial charge in [-0.3, -0.25) is 10.1 Å². The smallest absolute Gasteiger partial charge is 0.280 e. The Bertz CT molecular complexity index is 837. The molecule has 0 radical (unpaired) electrons. The Hall–Kier alpha value is -2.11. The standard InChI is InChI=1S/C15H13N3O2.2ClH/c1-17(2)15-10-6-3-4-7-11(10)16-12-8-5-9-13(14(12)15)18(19)20;;/h3-9H,1-2H3;2*1H. The van der Waals surface area contributed by atoms with Crippen molar-refractivity contribution in [3.05, 3.63) is 52.6 Å². The van der Waals surface area contributed by atoms with Crippen molar-refractivity contribution >= 4 is 58.0 Å². The molecular weight excluding hydrogens is 325 g/mol. The van der Waals surface area contributed by atoms with Crippen LogP contribution < -0.4 is 4.90 Å². The van der Waals surface area contributed by atoms with Crippen molar-refractivity contribution in [1.29, 1.82) is 0 Å². The summed E-state index contributed by atoms with van der Waals surface area (Å²) in [6, 6.07) is 12.7. The monoisotopic (exact) mass is 339 g/mol. The normalized spacial score (nSPS) is 9.91. The van der Waals surface area contributed by atoms with E-state index in [0.717, 1.165) is 16.6 Å². The van der Waals surface area contributed by atoms with Crippen LogP contribution in [-0.2, 0) is 0 Å². The lowest BCUT2D eigenvalue weighted by Gasteiger charge is -2.18. The van der Waals surface area contributed by atoms with Gasteiger partial charge in [-0.15, -0.1) is 24.8 Å².